The highest BCUT2D eigenvalue weighted by atomic mass is 127. The van der Waals surface area contributed by atoms with Gasteiger partial charge in [0, 0.05) is 35.5 Å². The molecule has 2 heterocycles. The molecule has 0 aliphatic heterocycles. The van der Waals surface area contributed by atoms with Gasteiger partial charge in [-0.15, -0.1) is 0 Å². The Morgan fingerprint density at radius 1 is 1.15 bits per heavy atom. The van der Waals surface area contributed by atoms with Crippen LogP contribution in [0.2, 0.25) is 0 Å². The van der Waals surface area contributed by atoms with Crippen molar-refractivity contribution in [3.05, 3.63) is 42.2 Å². The summed E-state index contributed by atoms with van der Waals surface area (Å²) in [7, 11) is 2.26. The molecule has 140 valence electrons. The van der Waals surface area contributed by atoms with E-state index >= 15 is 0 Å². The molecule has 2 aromatic heterocycles. The topological polar surface area (TPSA) is 57.8 Å². The number of nitrogens with zero attached hydrogens (tertiary/aromatic N) is 2. The number of aromatic amines is 1. The van der Waals surface area contributed by atoms with Crippen LogP contribution in [0.5, 0.6) is 0 Å². The maximum absolute atomic E-state index is 12.6. The highest BCUT2D eigenvalue weighted by Gasteiger charge is 2.17. The fraction of sp³-hybridized carbons (Fsp3) is 0.400. The number of H-pyrrole nitrogens is 1. The maximum atomic E-state index is 12.6. The monoisotopic (exact) mass is 466 g/mol. The number of halogens is 1. The number of hydrogen-bond acceptors (Lipinski definition) is 2. The number of carbonyl (C=O) groups is 1. The van der Waals surface area contributed by atoms with Crippen LogP contribution in [0.4, 0.5) is 0 Å². The molecule has 0 unspecified atom stereocenters. The van der Waals surface area contributed by atoms with E-state index in [0.717, 1.165) is 52.3 Å². The lowest BCUT2D eigenvalue weighted by atomic mass is 10.1. The lowest BCUT2D eigenvalue weighted by Crippen LogP contribution is -3.00. The van der Waals surface area contributed by atoms with Gasteiger partial charge in [0.1, 0.15) is 0 Å². The molecule has 0 saturated heterocycles. The Morgan fingerprint density at radius 3 is 2.62 bits per heavy atom. The Balaban J connectivity index is 0.00000243. The summed E-state index contributed by atoms with van der Waals surface area (Å²) in [6.45, 7) is 8.38. The Hall–Kier alpha value is -1.67. The van der Waals surface area contributed by atoms with Gasteiger partial charge < -0.3 is 38.8 Å². The highest BCUT2D eigenvalue weighted by molar-refractivity contribution is 6.13. The molecule has 5 nitrogen and oxygen atoms in total. The van der Waals surface area contributed by atoms with Crippen molar-refractivity contribution in [3.8, 4) is 0 Å². The third-order valence-corrected chi connectivity index (χ3v) is 5.33. The second-order valence-electron chi connectivity index (χ2n) is 6.84. The van der Waals surface area contributed by atoms with Gasteiger partial charge >= 0.3 is 0 Å². The van der Waals surface area contributed by atoms with Gasteiger partial charge in [0.15, 0.2) is 5.69 Å². The zero-order valence-corrected chi connectivity index (χ0v) is 17.8. The number of benzene rings is 1. The van der Waals surface area contributed by atoms with Crippen LogP contribution in [0, 0.1) is 0 Å². The largest absolute Gasteiger partial charge is 1.00 e. The van der Waals surface area contributed by atoms with Gasteiger partial charge in [-0.1, -0.05) is 18.2 Å². The van der Waals surface area contributed by atoms with Crippen molar-refractivity contribution in [2.45, 2.75) is 20.3 Å². The van der Waals surface area contributed by atoms with Crippen LogP contribution in [0.3, 0.4) is 0 Å². The van der Waals surface area contributed by atoms with Crippen molar-refractivity contribution in [1.29, 1.82) is 0 Å². The highest BCUT2D eigenvalue weighted by Crippen LogP contribution is 2.26. The predicted octanol–water partition coefficient (Wildman–Crippen LogP) is 0.326. The summed E-state index contributed by atoms with van der Waals surface area (Å²) in [5.74, 6) is -0.112. The van der Waals surface area contributed by atoms with E-state index in [9.17, 15) is 4.79 Å². The Labute approximate surface area is 171 Å². The van der Waals surface area contributed by atoms with Crippen LogP contribution in [0.25, 0.3) is 21.8 Å². The summed E-state index contributed by atoms with van der Waals surface area (Å²) in [4.78, 5) is 20.2. The van der Waals surface area contributed by atoms with Crippen molar-refractivity contribution in [2.24, 2.45) is 0 Å². The summed E-state index contributed by atoms with van der Waals surface area (Å²) < 4.78 is 1.03. The van der Waals surface area contributed by atoms with E-state index in [0.29, 0.717) is 12.2 Å². The van der Waals surface area contributed by atoms with Crippen LogP contribution in [0.1, 0.15) is 30.8 Å². The number of nitrogens with one attached hydrogen (secondary N) is 2. The smallest absolute Gasteiger partial charge is 0.272 e. The predicted molar refractivity (Wildman–Crippen MR) is 103 cm³/mol. The van der Waals surface area contributed by atoms with E-state index in [1.807, 2.05) is 24.3 Å². The molecule has 0 aliphatic rings. The summed E-state index contributed by atoms with van der Waals surface area (Å²) in [6.07, 6.45) is 2.67. The Kier molecular flexibility index (Phi) is 7.00. The van der Waals surface area contributed by atoms with Crippen molar-refractivity contribution in [3.63, 3.8) is 0 Å². The molecule has 1 aromatic carbocycles. The number of hydrogen-bond donors (Lipinski definition) is 2. The molecule has 0 atom stereocenters. The standard InChI is InChI=1S/C20H26N4O.HI/c1-4-24(3,5-2)14-8-12-22-20(25)19-18-16(11-13-21-19)15-9-6-7-10-17(15)23-18;/h6-7,9-11,13H,4-5,8,12,14H2,1-3H3,(H-,21,22,23,25);1H. The molecule has 0 radical (unpaired) electrons. The fourth-order valence-electron chi connectivity index (χ4n) is 3.23. The summed E-state index contributed by atoms with van der Waals surface area (Å²) >= 11 is 0. The van der Waals surface area contributed by atoms with Crippen LogP contribution in [-0.4, -0.2) is 53.6 Å². The number of para-hydroxylation sites is 1. The van der Waals surface area contributed by atoms with Crippen molar-refractivity contribution in [2.75, 3.05) is 33.2 Å². The van der Waals surface area contributed by atoms with Gasteiger partial charge in [0.05, 0.1) is 32.2 Å². The maximum Gasteiger partial charge on any atom is 0.272 e. The number of quaternary nitrogens is 1. The lowest BCUT2D eigenvalue weighted by molar-refractivity contribution is -0.906. The molecular weight excluding hydrogens is 439 g/mol. The first-order chi connectivity index (χ1) is 12.1. The van der Waals surface area contributed by atoms with Crippen LogP contribution in [-0.2, 0) is 0 Å². The minimum absolute atomic E-state index is 0. The first kappa shape index (κ1) is 20.6. The molecule has 2 N–H and O–H groups in total. The Morgan fingerprint density at radius 2 is 1.88 bits per heavy atom. The normalized spacial score (nSPS) is 11.5. The molecule has 0 bridgehead atoms. The van der Waals surface area contributed by atoms with E-state index < -0.39 is 0 Å². The molecule has 0 saturated carbocycles. The third-order valence-electron chi connectivity index (χ3n) is 5.33. The zero-order chi connectivity index (χ0) is 17.9. The second-order valence-corrected chi connectivity index (χ2v) is 6.84. The third kappa shape index (κ3) is 4.17. The van der Waals surface area contributed by atoms with Gasteiger partial charge in [0.25, 0.3) is 5.91 Å². The van der Waals surface area contributed by atoms with E-state index in [-0.39, 0.29) is 29.9 Å². The van der Waals surface area contributed by atoms with Crippen molar-refractivity contribution >= 4 is 27.7 Å². The molecule has 26 heavy (non-hydrogen) atoms. The quantitative estimate of drug-likeness (QED) is 0.300. The van der Waals surface area contributed by atoms with E-state index in [1.54, 1.807) is 6.20 Å². The van der Waals surface area contributed by atoms with Crippen molar-refractivity contribution < 1.29 is 33.3 Å². The minimum Gasteiger partial charge on any atom is -1.00 e. The molecule has 1 amide bonds. The number of aromatic nitrogens is 2. The molecule has 0 spiro atoms. The van der Waals surface area contributed by atoms with Crippen LogP contribution < -0.4 is 29.3 Å². The Bertz CT molecular complexity index is 886. The van der Waals surface area contributed by atoms with Gasteiger partial charge in [-0.3, -0.25) is 4.79 Å². The summed E-state index contributed by atoms with van der Waals surface area (Å²) in [5, 5.41) is 5.18. The number of fused-ring (bicyclic) bond motifs is 3. The number of pyridine rings is 1. The summed E-state index contributed by atoms with van der Waals surface area (Å²) in [5.41, 5.74) is 2.30. The van der Waals surface area contributed by atoms with Crippen molar-refractivity contribution in [1.82, 2.24) is 15.3 Å². The molecule has 0 aliphatic carbocycles. The average molecular weight is 466 g/mol. The second kappa shape index (κ2) is 8.81. The minimum atomic E-state index is -0.112. The van der Waals surface area contributed by atoms with E-state index in [2.05, 4.69) is 42.2 Å². The SMILES string of the molecule is CC[N+](C)(CC)CCCNC(=O)c1nccc2c1[nH]c1ccccc12.[I-]. The number of rotatable bonds is 7. The summed E-state index contributed by atoms with van der Waals surface area (Å²) in [6, 6.07) is 10.0. The first-order valence-corrected chi connectivity index (χ1v) is 9.05. The number of amides is 1. The van der Waals surface area contributed by atoms with Gasteiger partial charge in [-0.25, -0.2) is 4.98 Å². The number of carbonyl (C=O) groups excluding carboxylic acids is 1. The molecule has 3 aromatic rings. The molecule has 3 rings (SSSR count). The molecule has 6 heteroatoms. The molecular formula is C20H27IN4O. The van der Waals surface area contributed by atoms with Crippen LogP contribution >= 0.6 is 0 Å². The average Bonchev–Trinajstić information content (AvgIpc) is 3.03. The molecule has 0 fully saturated rings. The van der Waals surface area contributed by atoms with E-state index in [1.165, 1.54) is 0 Å². The van der Waals surface area contributed by atoms with Crippen LogP contribution in [0.15, 0.2) is 36.5 Å². The lowest BCUT2D eigenvalue weighted by Gasteiger charge is -2.32. The zero-order valence-electron chi connectivity index (χ0n) is 15.7. The van der Waals surface area contributed by atoms with Gasteiger partial charge in [-0.05, 0) is 26.0 Å². The van der Waals surface area contributed by atoms with Gasteiger partial charge in [-0.2, -0.15) is 0 Å². The van der Waals surface area contributed by atoms with Gasteiger partial charge in [0.2, 0.25) is 0 Å². The fourth-order valence-corrected chi connectivity index (χ4v) is 3.23. The van der Waals surface area contributed by atoms with E-state index in [4.69, 9.17) is 0 Å². The first-order valence-electron chi connectivity index (χ1n) is 9.05.